The molecule has 0 radical (unpaired) electrons. The Kier molecular flexibility index (Phi) is 9.33. The van der Waals surface area contributed by atoms with E-state index in [0.717, 1.165) is 5.57 Å². The smallest absolute Gasteiger partial charge is 0.303 e. The minimum atomic E-state index is -1.50. The Labute approximate surface area is 305 Å². The van der Waals surface area contributed by atoms with Gasteiger partial charge in [-0.25, -0.2) is 4.90 Å². The fourth-order valence-corrected chi connectivity index (χ4v) is 9.39. The average molecular weight is 727 g/mol. The second kappa shape index (κ2) is 13.8. The maximum atomic E-state index is 15.4. The van der Waals surface area contributed by atoms with E-state index in [0.29, 0.717) is 41.1 Å². The Bertz CT molecular complexity index is 1970. The van der Waals surface area contributed by atoms with Crippen LogP contribution in [0.1, 0.15) is 55.6 Å². The van der Waals surface area contributed by atoms with Crippen molar-refractivity contribution in [2.75, 3.05) is 25.7 Å². The van der Waals surface area contributed by atoms with Crippen LogP contribution in [-0.2, 0) is 29.4 Å². The number of unbranched alkanes of at least 4 members (excludes halogenated alkanes) is 2. The molecule has 2 aliphatic heterocycles. The third-order valence-corrected chi connectivity index (χ3v) is 11.6. The van der Waals surface area contributed by atoms with Gasteiger partial charge in [-0.2, -0.15) is 0 Å². The zero-order chi connectivity index (χ0) is 36.9. The Morgan fingerprint density at radius 2 is 1.60 bits per heavy atom. The number of carbonyl (C=O) groups is 5. The Hall–Kier alpha value is -5.16. The number of carbonyl (C=O) groups excluding carboxylic acids is 4. The van der Waals surface area contributed by atoms with Gasteiger partial charge in [0, 0.05) is 23.9 Å². The summed E-state index contributed by atoms with van der Waals surface area (Å²) in [6.07, 6.45) is 3.84. The summed E-state index contributed by atoms with van der Waals surface area (Å²) in [4.78, 5) is 71.9. The first-order valence-corrected chi connectivity index (χ1v) is 17.8. The third-order valence-electron chi connectivity index (χ3n) is 11.4. The van der Waals surface area contributed by atoms with Crippen molar-refractivity contribution in [1.29, 1.82) is 0 Å². The molecule has 3 aromatic carbocycles. The number of carboxylic acids is 1. The number of halogens is 1. The van der Waals surface area contributed by atoms with Gasteiger partial charge in [0.2, 0.25) is 29.4 Å². The zero-order valence-corrected chi connectivity index (χ0v) is 29.5. The lowest BCUT2D eigenvalue weighted by atomic mass is 9.49. The van der Waals surface area contributed by atoms with Gasteiger partial charge in [-0.1, -0.05) is 66.1 Å². The largest absolute Gasteiger partial charge is 0.502 e. The Balaban J connectivity index is 1.40. The molecule has 2 heterocycles. The molecular weight excluding hydrogens is 688 g/mol. The summed E-state index contributed by atoms with van der Waals surface area (Å²) >= 11 is 6.39. The lowest BCUT2D eigenvalue weighted by Gasteiger charge is -2.50. The van der Waals surface area contributed by atoms with Crippen LogP contribution in [0.25, 0.3) is 0 Å². The number of allylic oxidation sites excluding steroid dienone is 2. The molecule has 1 saturated carbocycles. The first-order chi connectivity index (χ1) is 25.0. The van der Waals surface area contributed by atoms with Crippen molar-refractivity contribution < 1.29 is 43.7 Å². The number of methoxy groups -OCH3 is 2. The van der Waals surface area contributed by atoms with Crippen molar-refractivity contribution in [1.82, 2.24) is 4.90 Å². The van der Waals surface area contributed by atoms with E-state index in [1.54, 1.807) is 36.4 Å². The quantitative estimate of drug-likeness (QED) is 0.141. The molecule has 2 aliphatic carbocycles. The van der Waals surface area contributed by atoms with Crippen molar-refractivity contribution in [3.8, 4) is 17.2 Å². The number of aromatic hydroxyl groups is 1. The standard InChI is InChI=1S/C40H39ClN2O9/c1-51-30-18-22(19-31(52-2)35(30)46)34-26-15-16-27-33(38(49)42(36(27)47)17-8-4-7-14-32(44)45)28(26)21-29-37(48)43(25-13-9-12-24(41)20-25)39(50)40(29,34)23-10-5-3-6-11-23/h3,5-6,9-13,15,18-20,27-29,33-34,46H,4,7-8,14,16-17,21H2,1-2H3,(H,44,45). The van der Waals surface area contributed by atoms with Crippen LogP contribution in [0.4, 0.5) is 5.69 Å². The van der Waals surface area contributed by atoms with Gasteiger partial charge in [-0.3, -0.25) is 28.9 Å². The second-order valence-electron chi connectivity index (χ2n) is 13.9. The first-order valence-electron chi connectivity index (χ1n) is 17.5. The Morgan fingerprint density at radius 1 is 0.885 bits per heavy atom. The molecule has 6 unspecified atom stereocenters. The number of phenols is 1. The lowest BCUT2D eigenvalue weighted by Crippen LogP contribution is -2.53. The van der Waals surface area contributed by atoms with Gasteiger partial charge >= 0.3 is 5.97 Å². The second-order valence-corrected chi connectivity index (χ2v) is 14.3. The number of fused-ring (bicyclic) bond motifs is 4. The van der Waals surface area contributed by atoms with E-state index in [1.807, 2.05) is 36.4 Å². The van der Waals surface area contributed by atoms with Crippen LogP contribution in [0.5, 0.6) is 17.2 Å². The summed E-state index contributed by atoms with van der Waals surface area (Å²) in [5, 5.41) is 20.3. The van der Waals surface area contributed by atoms with E-state index in [9.17, 15) is 24.3 Å². The van der Waals surface area contributed by atoms with Crippen LogP contribution < -0.4 is 14.4 Å². The van der Waals surface area contributed by atoms with Crippen molar-refractivity contribution in [3.63, 3.8) is 0 Å². The predicted molar refractivity (Wildman–Crippen MR) is 190 cm³/mol. The molecule has 270 valence electrons. The number of amides is 4. The zero-order valence-electron chi connectivity index (χ0n) is 28.8. The third kappa shape index (κ3) is 5.44. The molecule has 2 saturated heterocycles. The van der Waals surface area contributed by atoms with Crippen molar-refractivity contribution in [2.24, 2.45) is 23.7 Å². The number of phenolic OH excluding ortho intramolecular Hbond substituents is 1. The number of benzene rings is 3. The van der Waals surface area contributed by atoms with Crippen LogP contribution in [0.3, 0.4) is 0 Å². The summed E-state index contributed by atoms with van der Waals surface area (Å²) in [6.45, 7) is 0.180. The van der Waals surface area contributed by atoms with Crippen LogP contribution in [0.15, 0.2) is 78.4 Å². The minimum Gasteiger partial charge on any atom is -0.502 e. The number of likely N-dealkylation sites (tertiary alicyclic amines) is 1. The first kappa shape index (κ1) is 35.3. The van der Waals surface area contributed by atoms with E-state index < -0.39 is 52.8 Å². The van der Waals surface area contributed by atoms with Gasteiger partial charge in [0.1, 0.15) is 0 Å². The SMILES string of the molecule is COc1cc(C2C3=CCC4C(=O)N(CCCCCC(=O)O)C(=O)C4C3CC3C(=O)N(c4cccc(Cl)c4)C(=O)C32c2ccccc2)cc(OC)c1O. The molecule has 0 spiro atoms. The highest BCUT2D eigenvalue weighted by molar-refractivity contribution is 6.32. The molecule has 3 fully saturated rings. The van der Waals surface area contributed by atoms with Gasteiger partial charge in [0.15, 0.2) is 11.5 Å². The summed E-state index contributed by atoms with van der Waals surface area (Å²) in [7, 11) is 2.82. The van der Waals surface area contributed by atoms with E-state index in [4.69, 9.17) is 26.2 Å². The van der Waals surface area contributed by atoms with Crippen LogP contribution >= 0.6 is 11.6 Å². The highest BCUT2D eigenvalue weighted by atomic mass is 35.5. The predicted octanol–water partition coefficient (Wildman–Crippen LogP) is 5.87. The molecule has 4 aliphatic rings. The van der Waals surface area contributed by atoms with Gasteiger partial charge in [0.25, 0.3) is 0 Å². The fraction of sp³-hybridized carbons (Fsp3) is 0.375. The van der Waals surface area contributed by atoms with E-state index in [1.165, 1.54) is 24.0 Å². The maximum Gasteiger partial charge on any atom is 0.303 e. The normalized spacial score (nSPS) is 26.5. The monoisotopic (exact) mass is 726 g/mol. The Morgan fingerprint density at radius 3 is 2.25 bits per heavy atom. The highest BCUT2D eigenvalue weighted by Crippen LogP contribution is 2.65. The van der Waals surface area contributed by atoms with Crippen LogP contribution in [0, 0.1) is 23.7 Å². The van der Waals surface area contributed by atoms with E-state index >= 15 is 4.79 Å². The number of anilines is 1. The van der Waals surface area contributed by atoms with Gasteiger partial charge < -0.3 is 19.7 Å². The molecule has 11 nitrogen and oxygen atoms in total. The summed E-state index contributed by atoms with van der Waals surface area (Å²) in [5.41, 5.74) is 0.726. The van der Waals surface area contributed by atoms with E-state index in [2.05, 4.69) is 0 Å². The molecule has 52 heavy (non-hydrogen) atoms. The van der Waals surface area contributed by atoms with Crippen LogP contribution in [-0.4, -0.2) is 65.5 Å². The molecule has 4 amide bonds. The van der Waals surface area contributed by atoms with Crippen LogP contribution in [0.2, 0.25) is 5.02 Å². The number of aliphatic carboxylic acids is 1. The molecule has 0 aromatic heterocycles. The summed E-state index contributed by atoms with van der Waals surface area (Å²) in [6, 6.07) is 19.0. The van der Waals surface area contributed by atoms with Gasteiger partial charge in [-0.15, -0.1) is 0 Å². The van der Waals surface area contributed by atoms with Crippen molar-refractivity contribution >= 4 is 46.9 Å². The van der Waals surface area contributed by atoms with Gasteiger partial charge in [-0.05, 0) is 73.1 Å². The molecule has 0 bridgehead atoms. The number of hydrogen-bond acceptors (Lipinski definition) is 8. The lowest BCUT2D eigenvalue weighted by molar-refractivity contribution is -0.141. The van der Waals surface area contributed by atoms with E-state index in [-0.39, 0.29) is 54.9 Å². The molecule has 3 aromatic rings. The molecule has 7 rings (SSSR count). The number of ether oxygens (including phenoxy) is 2. The minimum absolute atomic E-state index is 0.0141. The fourth-order valence-electron chi connectivity index (χ4n) is 9.21. The van der Waals surface area contributed by atoms with Gasteiger partial charge in [0.05, 0.1) is 43.1 Å². The number of nitrogens with zero attached hydrogens (tertiary/aromatic N) is 2. The molecule has 12 heteroatoms. The number of rotatable bonds is 11. The topological polar surface area (TPSA) is 151 Å². The van der Waals surface area contributed by atoms with Crippen molar-refractivity contribution in [3.05, 3.63) is 94.5 Å². The highest BCUT2D eigenvalue weighted by Gasteiger charge is 2.70. The molecular formula is C40H39ClN2O9. The number of hydrogen-bond donors (Lipinski definition) is 2. The number of carboxylic acid groups (broad SMARTS) is 1. The number of imide groups is 2. The molecule has 6 atom stereocenters. The van der Waals surface area contributed by atoms with Crippen molar-refractivity contribution in [2.45, 2.75) is 49.9 Å². The summed E-state index contributed by atoms with van der Waals surface area (Å²) < 4.78 is 11.1. The molecule has 2 N–H and O–H groups in total. The summed E-state index contributed by atoms with van der Waals surface area (Å²) in [5.74, 6) is -6.15. The maximum absolute atomic E-state index is 15.4. The average Bonchev–Trinajstić information content (AvgIpc) is 3.52.